The molecule has 3 aromatic rings. The van der Waals surface area contributed by atoms with E-state index in [4.69, 9.17) is 11.6 Å². The summed E-state index contributed by atoms with van der Waals surface area (Å²) < 4.78 is 1.55. The Bertz CT molecular complexity index is 1040. The van der Waals surface area contributed by atoms with Crippen LogP contribution in [0.5, 0.6) is 0 Å². The SMILES string of the molecule is Cc1cccc(NC(=O)c2nn(-c3ccc(Cl)cc3)c(C)cc2=O)c1C. The molecule has 0 saturated heterocycles. The van der Waals surface area contributed by atoms with Crippen molar-refractivity contribution in [2.45, 2.75) is 20.8 Å². The molecule has 0 saturated carbocycles. The van der Waals surface area contributed by atoms with Gasteiger partial charge in [-0.15, -0.1) is 0 Å². The number of carbonyl (C=O) groups excluding carboxylic acids is 1. The monoisotopic (exact) mass is 367 g/mol. The number of nitrogens with zero attached hydrogens (tertiary/aromatic N) is 2. The maximum absolute atomic E-state index is 12.6. The van der Waals surface area contributed by atoms with E-state index in [1.165, 1.54) is 6.07 Å². The van der Waals surface area contributed by atoms with Gasteiger partial charge < -0.3 is 5.32 Å². The summed E-state index contributed by atoms with van der Waals surface area (Å²) in [5, 5.41) is 7.65. The average molecular weight is 368 g/mol. The Morgan fingerprint density at radius 1 is 1.08 bits per heavy atom. The third-order valence-corrected chi connectivity index (χ3v) is 4.50. The topological polar surface area (TPSA) is 64.0 Å². The minimum absolute atomic E-state index is 0.161. The molecule has 1 heterocycles. The van der Waals surface area contributed by atoms with Gasteiger partial charge in [-0.2, -0.15) is 5.10 Å². The fourth-order valence-electron chi connectivity index (χ4n) is 2.62. The number of aryl methyl sites for hydroxylation is 2. The maximum atomic E-state index is 12.6. The van der Waals surface area contributed by atoms with Crippen LogP contribution in [0, 0.1) is 20.8 Å². The Morgan fingerprint density at radius 3 is 2.46 bits per heavy atom. The number of carbonyl (C=O) groups is 1. The van der Waals surface area contributed by atoms with Crippen LogP contribution in [0.1, 0.15) is 27.3 Å². The number of nitrogens with one attached hydrogen (secondary N) is 1. The molecule has 1 aromatic heterocycles. The predicted octanol–water partition coefficient (Wildman–Crippen LogP) is 4.06. The Balaban J connectivity index is 2.00. The quantitative estimate of drug-likeness (QED) is 0.759. The molecular weight excluding hydrogens is 350 g/mol. The van der Waals surface area contributed by atoms with Crippen LogP contribution in [0.2, 0.25) is 5.02 Å². The van der Waals surface area contributed by atoms with Crippen molar-refractivity contribution >= 4 is 23.2 Å². The van der Waals surface area contributed by atoms with Gasteiger partial charge in [-0.1, -0.05) is 23.7 Å². The number of aromatic nitrogens is 2. The van der Waals surface area contributed by atoms with E-state index >= 15 is 0 Å². The summed E-state index contributed by atoms with van der Waals surface area (Å²) in [5.74, 6) is -0.536. The molecule has 0 radical (unpaired) electrons. The number of benzene rings is 2. The van der Waals surface area contributed by atoms with E-state index in [9.17, 15) is 9.59 Å². The van der Waals surface area contributed by atoms with E-state index < -0.39 is 11.3 Å². The fraction of sp³-hybridized carbons (Fsp3) is 0.150. The second kappa shape index (κ2) is 7.14. The largest absolute Gasteiger partial charge is 0.320 e. The third kappa shape index (κ3) is 3.53. The van der Waals surface area contributed by atoms with Gasteiger partial charge in [0.05, 0.1) is 5.69 Å². The summed E-state index contributed by atoms with van der Waals surface area (Å²) in [4.78, 5) is 24.9. The third-order valence-electron chi connectivity index (χ3n) is 4.25. The molecule has 6 heteroatoms. The lowest BCUT2D eigenvalue weighted by Gasteiger charge is -2.13. The standard InChI is InChI=1S/C20H18ClN3O2/c1-12-5-4-6-17(14(12)3)22-20(26)19-18(25)11-13(2)24(23-19)16-9-7-15(21)8-10-16/h4-11H,1-3H3,(H,22,26). The first-order valence-electron chi connectivity index (χ1n) is 8.11. The Morgan fingerprint density at radius 2 is 1.77 bits per heavy atom. The van der Waals surface area contributed by atoms with Crippen molar-refractivity contribution < 1.29 is 4.79 Å². The molecule has 0 unspecified atom stereocenters. The molecule has 132 valence electrons. The highest BCUT2D eigenvalue weighted by Crippen LogP contribution is 2.18. The Hall–Kier alpha value is -2.92. The summed E-state index contributed by atoms with van der Waals surface area (Å²) in [6.45, 7) is 5.64. The molecular formula is C20H18ClN3O2. The minimum Gasteiger partial charge on any atom is -0.320 e. The summed E-state index contributed by atoms with van der Waals surface area (Å²) in [7, 11) is 0. The number of hydrogen-bond donors (Lipinski definition) is 1. The molecule has 3 rings (SSSR count). The van der Waals surface area contributed by atoms with E-state index in [0.717, 1.165) is 11.1 Å². The molecule has 0 spiro atoms. The summed E-state index contributed by atoms with van der Waals surface area (Å²) >= 11 is 5.92. The highest BCUT2D eigenvalue weighted by atomic mass is 35.5. The lowest BCUT2D eigenvalue weighted by atomic mass is 10.1. The van der Waals surface area contributed by atoms with E-state index in [0.29, 0.717) is 22.1 Å². The van der Waals surface area contributed by atoms with Crippen molar-refractivity contribution in [3.63, 3.8) is 0 Å². The second-order valence-corrected chi connectivity index (χ2v) is 6.52. The van der Waals surface area contributed by atoms with Gasteiger partial charge in [0.25, 0.3) is 5.91 Å². The minimum atomic E-state index is -0.536. The van der Waals surface area contributed by atoms with Gasteiger partial charge >= 0.3 is 0 Å². The number of rotatable bonds is 3. The normalized spacial score (nSPS) is 10.6. The molecule has 0 bridgehead atoms. The number of amides is 1. The molecule has 5 nitrogen and oxygen atoms in total. The van der Waals surface area contributed by atoms with Gasteiger partial charge in [0.2, 0.25) is 5.43 Å². The van der Waals surface area contributed by atoms with Crippen LogP contribution in [0.4, 0.5) is 5.69 Å². The van der Waals surface area contributed by atoms with Crippen LogP contribution in [0.25, 0.3) is 5.69 Å². The van der Waals surface area contributed by atoms with Gasteiger partial charge in [-0.25, -0.2) is 4.68 Å². The van der Waals surface area contributed by atoms with Crippen molar-refractivity contribution in [1.29, 1.82) is 0 Å². The molecule has 0 atom stereocenters. The summed E-state index contributed by atoms with van der Waals surface area (Å²) in [6.07, 6.45) is 0. The van der Waals surface area contributed by atoms with Crippen LogP contribution in [-0.2, 0) is 0 Å². The highest BCUT2D eigenvalue weighted by molar-refractivity contribution is 6.30. The zero-order chi connectivity index (χ0) is 18.8. The zero-order valence-corrected chi connectivity index (χ0v) is 15.5. The van der Waals surface area contributed by atoms with Crippen molar-refractivity contribution in [3.05, 3.63) is 86.3 Å². The van der Waals surface area contributed by atoms with E-state index in [1.807, 2.05) is 26.0 Å². The first-order valence-corrected chi connectivity index (χ1v) is 8.49. The van der Waals surface area contributed by atoms with Crippen LogP contribution >= 0.6 is 11.6 Å². The van der Waals surface area contributed by atoms with Gasteiger partial charge in [0.1, 0.15) is 0 Å². The fourth-order valence-corrected chi connectivity index (χ4v) is 2.74. The van der Waals surface area contributed by atoms with Gasteiger partial charge in [-0.05, 0) is 62.2 Å². The smallest absolute Gasteiger partial charge is 0.280 e. The lowest BCUT2D eigenvalue weighted by molar-refractivity contribution is 0.101. The molecule has 0 aliphatic heterocycles. The summed E-state index contributed by atoms with van der Waals surface area (Å²) in [6, 6.07) is 14.0. The van der Waals surface area contributed by atoms with Crippen LogP contribution in [0.3, 0.4) is 0 Å². The first-order chi connectivity index (χ1) is 12.4. The molecule has 1 amide bonds. The van der Waals surface area contributed by atoms with Crippen molar-refractivity contribution in [3.8, 4) is 5.69 Å². The number of halogens is 1. The van der Waals surface area contributed by atoms with Crippen LogP contribution < -0.4 is 10.7 Å². The second-order valence-electron chi connectivity index (χ2n) is 6.09. The predicted molar refractivity (Wildman–Crippen MR) is 103 cm³/mol. The van der Waals surface area contributed by atoms with Crippen molar-refractivity contribution in [2.75, 3.05) is 5.32 Å². The van der Waals surface area contributed by atoms with Gasteiger partial charge in [0, 0.05) is 22.5 Å². The Kier molecular flexibility index (Phi) is 4.91. The molecule has 0 aliphatic carbocycles. The summed E-state index contributed by atoms with van der Waals surface area (Å²) in [5.41, 5.74) is 3.43. The zero-order valence-electron chi connectivity index (χ0n) is 14.7. The van der Waals surface area contributed by atoms with Gasteiger partial charge in [0.15, 0.2) is 5.69 Å². The van der Waals surface area contributed by atoms with Gasteiger partial charge in [-0.3, -0.25) is 9.59 Å². The van der Waals surface area contributed by atoms with Crippen LogP contribution in [0.15, 0.2) is 53.3 Å². The molecule has 2 aromatic carbocycles. The average Bonchev–Trinajstić information content (AvgIpc) is 2.60. The lowest BCUT2D eigenvalue weighted by Crippen LogP contribution is -2.27. The Labute approximate surface area is 156 Å². The maximum Gasteiger partial charge on any atom is 0.280 e. The highest BCUT2D eigenvalue weighted by Gasteiger charge is 2.16. The van der Waals surface area contributed by atoms with Crippen LogP contribution in [-0.4, -0.2) is 15.7 Å². The van der Waals surface area contributed by atoms with E-state index in [1.54, 1.807) is 41.9 Å². The van der Waals surface area contributed by atoms with Crippen molar-refractivity contribution in [1.82, 2.24) is 9.78 Å². The number of anilines is 1. The van der Waals surface area contributed by atoms with Crippen molar-refractivity contribution in [2.24, 2.45) is 0 Å². The number of hydrogen-bond acceptors (Lipinski definition) is 3. The van der Waals surface area contributed by atoms with E-state index in [-0.39, 0.29) is 5.69 Å². The van der Waals surface area contributed by atoms with E-state index in [2.05, 4.69) is 10.4 Å². The molecule has 26 heavy (non-hydrogen) atoms. The molecule has 1 N–H and O–H groups in total. The molecule has 0 aliphatic rings. The molecule has 0 fully saturated rings. The first kappa shape index (κ1) is 17.9.